The van der Waals surface area contributed by atoms with Gasteiger partial charge in [-0.2, -0.15) is 0 Å². The van der Waals surface area contributed by atoms with E-state index in [1.165, 1.54) is 12.1 Å². The number of nitrogens with one attached hydrogen (secondary N) is 1. The minimum atomic E-state index is -3.87. The van der Waals surface area contributed by atoms with Crippen LogP contribution in [0, 0.1) is 0 Å². The molecule has 11 heteroatoms. The number of amides is 1. The maximum Gasteiger partial charge on any atom is 0.257 e. The Labute approximate surface area is 212 Å². The second-order valence-electron chi connectivity index (χ2n) is 8.34. The molecule has 3 aromatic carbocycles. The summed E-state index contributed by atoms with van der Waals surface area (Å²) in [5.74, 6) is 0.471. The normalized spacial score (nSPS) is 11.6. The SMILES string of the molecule is COc1ccccc1CCNC(=O)c1c(N)n(-c2ccc(S(N)(=O)=O)cc2)c2nc3ccccc3nc12. The molecule has 1 amide bonds. The third-order valence-electron chi connectivity index (χ3n) is 6.02. The fraction of sp³-hybridized carbons (Fsp3) is 0.115. The summed E-state index contributed by atoms with van der Waals surface area (Å²) >= 11 is 0. The largest absolute Gasteiger partial charge is 0.496 e. The van der Waals surface area contributed by atoms with E-state index in [9.17, 15) is 13.2 Å². The van der Waals surface area contributed by atoms with Gasteiger partial charge in [0.1, 0.15) is 22.6 Å². The van der Waals surface area contributed by atoms with Crippen molar-refractivity contribution in [3.8, 4) is 11.4 Å². The number of methoxy groups -OCH3 is 1. The Bertz CT molecular complexity index is 1750. The number of nitrogens with two attached hydrogens (primary N) is 2. The van der Waals surface area contributed by atoms with Gasteiger partial charge in [-0.3, -0.25) is 9.36 Å². The zero-order chi connectivity index (χ0) is 26.2. The zero-order valence-electron chi connectivity index (χ0n) is 19.9. The average Bonchev–Trinajstić information content (AvgIpc) is 3.17. The molecule has 2 aromatic heterocycles. The van der Waals surface area contributed by atoms with Gasteiger partial charge < -0.3 is 15.8 Å². The van der Waals surface area contributed by atoms with E-state index in [1.807, 2.05) is 42.5 Å². The summed E-state index contributed by atoms with van der Waals surface area (Å²) in [5, 5.41) is 8.16. The Morgan fingerprint density at radius 1 is 0.973 bits per heavy atom. The highest BCUT2D eigenvalue weighted by Gasteiger charge is 2.25. The molecule has 0 radical (unpaired) electrons. The summed E-state index contributed by atoms with van der Waals surface area (Å²) < 4.78 is 30.4. The summed E-state index contributed by atoms with van der Waals surface area (Å²) in [6.07, 6.45) is 0.554. The number of benzene rings is 3. The monoisotopic (exact) mass is 516 g/mol. The van der Waals surface area contributed by atoms with E-state index in [1.54, 1.807) is 29.9 Å². The van der Waals surface area contributed by atoms with Crippen LogP contribution in [0.5, 0.6) is 5.75 Å². The Morgan fingerprint density at radius 3 is 2.30 bits per heavy atom. The lowest BCUT2D eigenvalue weighted by molar-refractivity contribution is 0.0956. The number of primary sulfonamides is 1. The molecule has 0 aliphatic carbocycles. The highest BCUT2D eigenvalue weighted by atomic mass is 32.2. The van der Waals surface area contributed by atoms with Crippen molar-refractivity contribution in [3.05, 3.63) is 83.9 Å². The number of anilines is 1. The first kappa shape index (κ1) is 24.2. The molecule has 0 unspecified atom stereocenters. The fourth-order valence-electron chi connectivity index (χ4n) is 4.24. The number of rotatable bonds is 7. The van der Waals surface area contributed by atoms with Gasteiger partial charge in [0.2, 0.25) is 10.0 Å². The second-order valence-corrected chi connectivity index (χ2v) is 9.90. The van der Waals surface area contributed by atoms with Crippen molar-refractivity contribution in [3.63, 3.8) is 0 Å². The molecule has 37 heavy (non-hydrogen) atoms. The number of carbonyl (C=O) groups is 1. The molecule has 2 heterocycles. The summed E-state index contributed by atoms with van der Waals surface area (Å²) in [4.78, 5) is 22.8. The van der Waals surface area contributed by atoms with Crippen LogP contribution in [0.25, 0.3) is 27.9 Å². The molecule has 10 nitrogen and oxygen atoms in total. The van der Waals surface area contributed by atoms with E-state index in [0.29, 0.717) is 40.9 Å². The number of ether oxygens (including phenoxy) is 1. The van der Waals surface area contributed by atoms with E-state index >= 15 is 0 Å². The van der Waals surface area contributed by atoms with Gasteiger partial charge in [0.15, 0.2) is 5.65 Å². The number of fused-ring (bicyclic) bond motifs is 2. The van der Waals surface area contributed by atoms with Crippen LogP contribution >= 0.6 is 0 Å². The molecule has 0 spiro atoms. The topological polar surface area (TPSA) is 155 Å². The van der Waals surface area contributed by atoms with Crippen LogP contribution in [0.1, 0.15) is 15.9 Å². The number of nitrogens with zero attached hydrogens (tertiary/aromatic N) is 3. The molecule has 5 N–H and O–H groups in total. The van der Waals surface area contributed by atoms with Crippen molar-refractivity contribution in [1.29, 1.82) is 0 Å². The lowest BCUT2D eigenvalue weighted by atomic mass is 10.1. The van der Waals surface area contributed by atoms with Gasteiger partial charge in [0, 0.05) is 12.2 Å². The van der Waals surface area contributed by atoms with Crippen LogP contribution in [-0.2, 0) is 16.4 Å². The number of hydrogen-bond donors (Lipinski definition) is 3. The number of nitrogen functional groups attached to an aromatic ring is 1. The van der Waals surface area contributed by atoms with Crippen LogP contribution in [-0.4, -0.2) is 42.5 Å². The van der Waals surface area contributed by atoms with Gasteiger partial charge in [-0.05, 0) is 54.4 Å². The van der Waals surface area contributed by atoms with Crippen molar-refractivity contribution in [2.45, 2.75) is 11.3 Å². The number of para-hydroxylation sites is 3. The van der Waals surface area contributed by atoms with Crippen molar-refractivity contribution < 1.29 is 17.9 Å². The number of carbonyl (C=O) groups excluding carboxylic acids is 1. The van der Waals surface area contributed by atoms with Crippen LogP contribution in [0.4, 0.5) is 5.82 Å². The molecule has 0 aliphatic rings. The van der Waals surface area contributed by atoms with E-state index in [4.69, 9.17) is 25.6 Å². The van der Waals surface area contributed by atoms with E-state index in [-0.39, 0.29) is 16.3 Å². The standard InChI is InChI=1S/C26H24N6O4S/c1-36-21-9-5-2-6-16(21)14-15-29-26(33)22-23-25(31-20-8-4-3-7-19(20)30-23)32(24(22)27)17-10-12-18(13-11-17)37(28,34)35/h2-13H,14-15,27H2,1H3,(H,29,33)(H2,28,34,35). The molecule has 0 saturated heterocycles. The van der Waals surface area contributed by atoms with Gasteiger partial charge in [-0.25, -0.2) is 23.5 Å². The second kappa shape index (κ2) is 9.52. The quantitative estimate of drug-likeness (QED) is 0.300. The molecule has 188 valence electrons. The Morgan fingerprint density at radius 2 is 1.62 bits per heavy atom. The molecule has 0 aliphatic heterocycles. The van der Waals surface area contributed by atoms with Gasteiger partial charge >= 0.3 is 0 Å². The number of aromatic nitrogens is 3. The van der Waals surface area contributed by atoms with Crippen molar-refractivity contribution in [1.82, 2.24) is 19.9 Å². The van der Waals surface area contributed by atoms with Crippen molar-refractivity contribution >= 4 is 43.9 Å². The van der Waals surface area contributed by atoms with Crippen LogP contribution in [0.3, 0.4) is 0 Å². The molecule has 0 fully saturated rings. The zero-order valence-corrected chi connectivity index (χ0v) is 20.7. The van der Waals surface area contributed by atoms with Gasteiger partial charge in [0.25, 0.3) is 5.91 Å². The van der Waals surface area contributed by atoms with E-state index in [0.717, 1.165) is 11.3 Å². The summed E-state index contributed by atoms with van der Waals surface area (Å²) in [5.41, 5.74) is 10.1. The first-order valence-corrected chi connectivity index (χ1v) is 12.9. The third kappa shape index (κ3) is 4.57. The number of hydrogen-bond acceptors (Lipinski definition) is 7. The average molecular weight is 517 g/mol. The van der Waals surface area contributed by atoms with Crippen molar-refractivity contribution in [2.24, 2.45) is 5.14 Å². The first-order chi connectivity index (χ1) is 17.8. The third-order valence-corrected chi connectivity index (χ3v) is 6.95. The van der Waals surface area contributed by atoms with Crippen LogP contribution in [0.2, 0.25) is 0 Å². The number of sulfonamides is 1. The summed E-state index contributed by atoms with van der Waals surface area (Å²) in [7, 11) is -2.27. The minimum Gasteiger partial charge on any atom is -0.496 e. The molecule has 5 rings (SSSR count). The molecular formula is C26H24N6O4S. The van der Waals surface area contributed by atoms with Gasteiger partial charge in [-0.1, -0.05) is 30.3 Å². The van der Waals surface area contributed by atoms with Crippen molar-refractivity contribution in [2.75, 3.05) is 19.4 Å². The summed E-state index contributed by atoms with van der Waals surface area (Å²) in [6, 6.07) is 20.7. The molecule has 0 atom stereocenters. The Hall–Kier alpha value is -4.48. The van der Waals surface area contributed by atoms with Gasteiger partial charge in [-0.15, -0.1) is 0 Å². The first-order valence-electron chi connectivity index (χ1n) is 11.4. The lowest BCUT2D eigenvalue weighted by Crippen LogP contribution is -2.26. The van der Waals surface area contributed by atoms with Gasteiger partial charge in [0.05, 0.1) is 23.0 Å². The van der Waals surface area contributed by atoms with E-state index in [2.05, 4.69) is 5.32 Å². The Kier molecular flexibility index (Phi) is 6.24. The predicted octanol–water partition coefficient (Wildman–Crippen LogP) is 2.78. The van der Waals surface area contributed by atoms with Crippen LogP contribution < -0.4 is 20.9 Å². The smallest absolute Gasteiger partial charge is 0.257 e. The van der Waals surface area contributed by atoms with Crippen LogP contribution in [0.15, 0.2) is 77.7 Å². The maximum atomic E-state index is 13.4. The molecular weight excluding hydrogens is 492 g/mol. The fourth-order valence-corrected chi connectivity index (χ4v) is 4.76. The Balaban J connectivity index is 1.57. The lowest BCUT2D eigenvalue weighted by Gasteiger charge is -2.10. The highest BCUT2D eigenvalue weighted by Crippen LogP contribution is 2.31. The molecule has 0 saturated carbocycles. The van der Waals surface area contributed by atoms with E-state index < -0.39 is 15.9 Å². The predicted molar refractivity (Wildman–Crippen MR) is 141 cm³/mol. The molecule has 5 aromatic rings. The highest BCUT2D eigenvalue weighted by molar-refractivity contribution is 7.89. The summed E-state index contributed by atoms with van der Waals surface area (Å²) in [6.45, 7) is 0.343. The molecule has 0 bridgehead atoms. The maximum absolute atomic E-state index is 13.4. The minimum absolute atomic E-state index is 0.0443.